The van der Waals surface area contributed by atoms with E-state index in [1.54, 1.807) is 0 Å². The largest absolute Gasteiger partial charge is 0.307 e. The molecule has 2 heterocycles. The Morgan fingerprint density at radius 3 is 1.43 bits per heavy atom. The second kappa shape index (κ2) is 15.2. The van der Waals surface area contributed by atoms with Crippen LogP contribution in [0, 0.1) is 0 Å². The van der Waals surface area contributed by atoms with Gasteiger partial charge in [-0.25, -0.2) is 0 Å². The van der Waals surface area contributed by atoms with Gasteiger partial charge >= 0.3 is 0 Å². The minimum absolute atomic E-state index is 1.18. The topological polar surface area (TPSA) is 4.93 Å². The lowest BCUT2D eigenvalue weighted by Crippen LogP contribution is -2.74. The zero-order chi connectivity index (χ0) is 42.9. The van der Waals surface area contributed by atoms with Gasteiger partial charge in [-0.2, -0.15) is 0 Å². The van der Waals surface area contributed by atoms with Crippen LogP contribution in [0.2, 0.25) is 0 Å². The summed E-state index contributed by atoms with van der Waals surface area (Å²) in [4.78, 5) is 0. The van der Waals surface area contributed by atoms with Gasteiger partial charge in [0.15, 0.2) is 8.07 Å². The fraction of sp³-hybridized carbons (Fsp3) is 0. The number of hydrogen-bond acceptors (Lipinski definition) is 1. The molecule has 3 heteroatoms. The van der Waals surface area contributed by atoms with E-state index in [0.29, 0.717) is 0 Å². The minimum Gasteiger partial charge on any atom is -0.307 e. The average Bonchev–Trinajstić information content (AvgIpc) is 3.93. The van der Waals surface area contributed by atoms with Crippen molar-refractivity contribution in [3.63, 3.8) is 0 Å². The molecule has 0 saturated heterocycles. The summed E-state index contributed by atoms with van der Waals surface area (Å²) in [5.74, 6) is 0. The van der Waals surface area contributed by atoms with Crippen molar-refractivity contribution in [1.29, 1.82) is 0 Å². The van der Waals surface area contributed by atoms with Crippen LogP contribution in [0.3, 0.4) is 0 Å². The van der Waals surface area contributed by atoms with Gasteiger partial charge < -0.3 is 4.57 Å². The molecule has 0 amide bonds. The third-order valence-corrected chi connectivity index (χ3v) is 19.6. The molecule has 0 aliphatic rings. The van der Waals surface area contributed by atoms with Crippen molar-refractivity contribution in [1.82, 2.24) is 4.57 Å². The van der Waals surface area contributed by atoms with E-state index in [4.69, 9.17) is 0 Å². The highest BCUT2D eigenvalue weighted by Crippen LogP contribution is 2.46. The molecule has 65 heavy (non-hydrogen) atoms. The van der Waals surface area contributed by atoms with Crippen LogP contribution in [0.15, 0.2) is 249 Å². The highest BCUT2D eigenvalue weighted by Gasteiger charge is 2.43. The van der Waals surface area contributed by atoms with E-state index in [0.717, 1.165) is 0 Å². The highest BCUT2D eigenvalue weighted by atomic mass is 32.1. The number of benzene rings is 11. The Bertz CT molecular complexity index is 3800. The van der Waals surface area contributed by atoms with Crippen molar-refractivity contribution in [3.8, 4) is 27.9 Å². The molecular weight excluding hydrogens is 819 g/mol. The zero-order valence-electron chi connectivity index (χ0n) is 35.5. The molecule has 0 spiro atoms. The second-order valence-electron chi connectivity index (χ2n) is 17.2. The monoisotopic (exact) mass is 859 g/mol. The first kappa shape index (κ1) is 37.7. The lowest BCUT2D eigenvalue weighted by molar-refractivity contribution is 1.19. The van der Waals surface area contributed by atoms with Crippen LogP contribution >= 0.6 is 11.3 Å². The van der Waals surface area contributed by atoms with Gasteiger partial charge in [-0.15, -0.1) is 11.3 Å². The minimum atomic E-state index is -3.15. The molecule has 0 aliphatic carbocycles. The Labute approximate surface area is 382 Å². The van der Waals surface area contributed by atoms with Crippen LogP contribution in [0.25, 0.3) is 91.5 Å². The fourth-order valence-electron chi connectivity index (χ4n) is 10.8. The molecule has 0 bridgehead atoms. The van der Waals surface area contributed by atoms with Gasteiger partial charge in [-0.05, 0) is 65.6 Å². The molecule has 0 N–H and O–H groups in total. The van der Waals surface area contributed by atoms with Gasteiger partial charge in [0.2, 0.25) is 0 Å². The summed E-state index contributed by atoms with van der Waals surface area (Å²) >= 11 is 1.91. The summed E-state index contributed by atoms with van der Waals surface area (Å²) in [6.45, 7) is 0. The van der Waals surface area contributed by atoms with Crippen molar-refractivity contribution in [3.05, 3.63) is 249 Å². The van der Waals surface area contributed by atoms with Crippen molar-refractivity contribution in [2.75, 3.05) is 0 Å². The summed E-state index contributed by atoms with van der Waals surface area (Å²) in [7, 11) is -3.15. The SMILES string of the molecule is c1ccc(-c2cc([Si](c3ccccc3)(c3ccc4ccccc4c3)c3ccc4ccccc4c3)cc(-c3ccccc3)c2-n2c3ccccc3c3ccc4c5ccccc5sc4c32)cc1. The number of rotatable bonds is 7. The highest BCUT2D eigenvalue weighted by molar-refractivity contribution is 7.26. The first-order valence-electron chi connectivity index (χ1n) is 22.4. The Morgan fingerprint density at radius 2 is 0.815 bits per heavy atom. The number of fused-ring (bicyclic) bond motifs is 9. The zero-order valence-corrected chi connectivity index (χ0v) is 37.3. The lowest BCUT2D eigenvalue weighted by atomic mass is 9.95. The normalized spacial score (nSPS) is 12.0. The van der Waals surface area contributed by atoms with Gasteiger partial charge in [0.25, 0.3) is 0 Å². The molecular formula is C62H41NSSi. The lowest BCUT2D eigenvalue weighted by Gasteiger charge is -2.36. The number of para-hydroxylation sites is 1. The van der Waals surface area contributed by atoms with Crippen LogP contribution in [0.1, 0.15) is 0 Å². The summed E-state index contributed by atoms with van der Waals surface area (Å²) < 4.78 is 5.23. The van der Waals surface area contributed by atoms with Crippen molar-refractivity contribution >= 4 is 104 Å². The first-order valence-corrected chi connectivity index (χ1v) is 25.2. The predicted octanol–water partition coefficient (Wildman–Crippen LogP) is 14.2. The standard InChI is InChI=1S/C62H41NSSi/c1-4-20-44(21-5-1)56-40-51(65(48-26-8-3-9-27-48,49-34-32-42-18-10-12-24-46(42)38-49)50-35-33-43-19-11-13-25-47(43)39-50)41-57(45-22-6-2-7-23-45)60(56)63-58-30-16-14-28-52(58)54-36-37-55-53-29-15-17-31-59(53)64-62(55)61(54)63/h1-41H. The summed E-state index contributed by atoms with van der Waals surface area (Å²) in [5, 5.41) is 15.5. The van der Waals surface area contributed by atoms with E-state index in [9.17, 15) is 0 Å². The van der Waals surface area contributed by atoms with E-state index in [1.165, 1.54) is 112 Å². The van der Waals surface area contributed by atoms with Crippen molar-refractivity contribution in [2.24, 2.45) is 0 Å². The molecule has 2 aromatic heterocycles. The van der Waals surface area contributed by atoms with E-state index in [2.05, 4.69) is 253 Å². The Hall–Kier alpha value is -7.82. The number of hydrogen-bond donors (Lipinski definition) is 0. The third-order valence-electron chi connectivity index (χ3n) is 13.7. The molecule has 0 fully saturated rings. The molecule has 13 aromatic rings. The van der Waals surface area contributed by atoms with Crippen molar-refractivity contribution < 1.29 is 0 Å². The van der Waals surface area contributed by atoms with Crippen LogP contribution in [0.5, 0.6) is 0 Å². The number of aromatic nitrogens is 1. The van der Waals surface area contributed by atoms with Crippen LogP contribution < -0.4 is 20.7 Å². The smallest absolute Gasteiger partial charge is 0.179 e. The van der Waals surface area contributed by atoms with Gasteiger partial charge in [-0.1, -0.05) is 237 Å². The number of thiophene rings is 1. The Morgan fingerprint density at radius 1 is 0.323 bits per heavy atom. The second-order valence-corrected chi connectivity index (χ2v) is 22.0. The quantitative estimate of drug-likeness (QED) is 0.111. The van der Waals surface area contributed by atoms with Crippen molar-refractivity contribution in [2.45, 2.75) is 0 Å². The maximum atomic E-state index is 2.62. The van der Waals surface area contributed by atoms with E-state index >= 15 is 0 Å². The molecule has 0 unspecified atom stereocenters. The molecule has 13 rings (SSSR count). The molecule has 0 aliphatic heterocycles. The molecule has 11 aromatic carbocycles. The Balaban J connectivity index is 1.25. The fourth-order valence-corrected chi connectivity index (χ4v) is 16.8. The maximum absolute atomic E-state index is 3.15. The Kier molecular flexibility index (Phi) is 8.80. The summed E-state index contributed by atoms with van der Waals surface area (Å²) in [6, 6.07) is 93.6. The van der Waals surface area contributed by atoms with E-state index in [-0.39, 0.29) is 0 Å². The van der Waals surface area contributed by atoms with E-state index < -0.39 is 8.07 Å². The van der Waals surface area contributed by atoms with Crippen LogP contribution in [-0.2, 0) is 0 Å². The summed E-state index contributed by atoms with van der Waals surface area (Å²) in [5.41, 5.74) is 8.42. The average molecular weight is 860 g/mol. The van der Waals surface area contributed by atoms with Gasteiger partial charge in [-0.3, -0.25) is 0 Å². The molecule has 0 radical (unpaired) electrons. The number of nitrogens with zero attached hydrogens (tertiary/aromatic N) is 1. The maximum Gasteiger partial charge on any atom is 0.179 e. The van der Waals surface area contributed by atoms with E-state index in [1.807, 2.05) is 11.3 Å². The first-order chi connectivity index (χ1) is 32.2. The van der Waals surface area contributed by atoms with Crippen LogP contribution in [0.4, 0.5) is 0 Å². The van der Waals surface area contributed by atoms with Gasteiger partial charge in [0.05, 0.1) is 21.4 Å². The van der Waals surface area contributed by atoms with Gasteiger partial charge in [0, 0.05) is 37.4 Å². The molecule has 0 atom stereocenters. The molecule has 1 nitrogen and oxygen atoms in total. The predicted molar refractivity (Wildman–Crippen MR) is 283 cm³/mol. The summed E-state index contributed by atoms with van der Waals surface area (Å²) in [6.07, 6.45) is 0. The van der Waals surface area contributed by atoms with Crippen LogP contribution in [-0.4, -0.2) is 12.6 Å². The third kappa shape index (κ3) is 5.90. The molecule has 304 valence electrons. The van der Waals surface area contributed by atoms with Gasteiger partial charge in [0.1, 0.15) is 0 Å². The molecule has 0 saturated carbocycles.